The number of carbonyl (C=O) groups is 1. The fourth-order valence-electron chi connectivity index (χ4n) is 4.67. The van der Waals surface area contributed by atoms with Crippen molar-refractivity contribution in [1.29, 1.82) is 0 Å². The van der Waals surface area contributed by atoms with E-state index in [0.29, 0.717) is 35.7 Å². The van der Waals surface area contributed by atoms with E-state index in [1.807, 2.05) is 62.4 Å². The highest BCUT2D eigenvalue weighted by Crippen LogP contribution is 2.42. The summed E-state index contributed by atoms with van der Waals surface area (Å²) in [5.74, 6) is -0.331. The molecule has 0 radical (unpaired) electrons. The molecule has 4 rings (SSSR count). The van der Waals surface area contributed by atoms with Crippen molar-refractivity contribution in [3.8, 4) is 22.5 Å². The summed E-state index contributed by atoms with van der Waals surface area (Å²) < 4.78 is 8.17. The fraction of sp³-hybridized carbons (Fsp3) is 0.286. The molecule has 2 aliphatic rings. The van der Waals surface area contributed by atoms with Gasteiger partial charge in [-0.1, -0.05) is 18.2 Å². The van der Waals surface area contributed by atoms with Crippen LogP contribution in [0.4, 0.5) is 5.69 Å². The lowest BCUT2D eigenvalue weighted by molar-refractivity contribution is 0.0697. The van der Waals surface area contributed by atoms with Gasteiger partial charge in [0.05, 0.1) is 24.7 Å². The highest BCUT2D eigenvalue weighted by Gasteiger charge is 2.24. The summed E-state index contributed by atoms with van der Waals surface area (Å²) in [5.41, 5.74) is 3.67. The van der Waals surface area contributed by atoms with E-state index in [1.165, 1.54) is 0 Å². The van der Waals surface area contributed by atoms with Crippen molar-refractivity contribution in [2.45, 2.75) is 27.7 Å². The van der Waals surface area contributed by atoms with Gasteiger partial charge in [0.15, 0.2) is 0 Å². The van der Waals surface area contributed by atoms with Crippen LogP contribution < -0.4 is 14.6 Å². The van der Waals surface area contributed by atoms with Crippen LogP contribution in [-0.4, -0.2) is 37.3 Å². The number of rotatable bonds is 7. The van der Waals surface area contributed by atoms with Crippen LogP contribution in [-0.2, 0) is 0 Å². The van der Waals surface area contributed by atoms with E-state index in [9.17, 15) is 15.1 Å². The van der Waals surface area contributed by atoms with Crippen molar-refractivity contribution >= 4 is 22.6 Å². The van der Waals surface area contributed by atoms with Gasteiger partial charge in [-0.15, -0.1) is 0 Å². The van der Waals surface area contributed by atoms with Gasteiger partial charge < -0.3 is 19.4 Å². The van der Waals surface area contributed by atoms with Crippen LogP contribution in [0, 0.1) is 5.21 Å². The van der Waals surface area contributed by atoms with E-state index >= 15 is 0 Å². The van der Waals surface area contributed by atoms with Gasteiger partial charge in [0.25, 0.3) is 0 Å². The summed E-state index contributed by atoms with van der Waals surface area (Å²) in [6.07, 6.45) is 0. The van der Waals surface area contributed by atoms with E-state index in [2.05, 4.69) is 18.4 Å². The molecule has 0 saturated carbocycles. The zero-order chi connectivity index (χ0) is 24.5. The molecular weight excluding hydrogens is 428 g/mol. The summed E-state index contributed by atoms with van der Waals surface area (Å²) in [5, 5.41) is 25.0. The lowest BCUT2D eigenvalue weighted by atomic mass is 9.90. The third kappa shape index (κ3) is 4.00. The minimum atomic E-state index is -0.985. The smallest absolute Gasteiger partial charge is 0.336 e. The number of quaternary nitrogens is 1. The fourth-order valence-corrected chi connectivity index (χ4v) is 4.67. The number of nitrogens with zero attached hydrogens (tertiary/aromatic N) is 2. The Balaban J connectivity index is 2.15. The number of benzene rings is 3. The predicted molar refractivity (Wildman–Crippen MR) is 138 cm³/mol. The van der Waals surface area contributed by atoms with Gasteiger partial charge in [-0.05, 0) is 51.5 Å². The number of carboxylic acids is 1. The Hall–Kier alpha value is -3.48. The molecule has 0 spiro atoms. The Morgan fingerprint density at radius 3 is 2.29 bits per heavy atom. The van der Waals surface area contributed by atoms with Gasteiger partial charge in [0.1, 0.15) is 30.1 Å². The number of hydrogen-bond acceptors (Lipinski definition) is 3. The first-order chi connectivity index (χ1) is 16.4. The number of aromatic carboxylic acids is 1. The van der Waals surface area contributed by atoms with Gasteiger partial charge in [-0.25, -0.2) is 9.37 Å². The molecule has 176 valence electrons. The lowest BCUT2D eigenvalue weighted by Crippen LogP contribution is -2.42. The summed E-state index contributed by atoms with van der Waals surface area (Å²) in [7, 11) is 0. The Kier molecular flexibility index (Phi) is 6.55. The van der Waals surface area contributed by atoms with Crippen molar-refractivity contribution in [3.63, 3.8) is 0 Å². The Labute approximate surface area is 199 Å². The SMILES string of the molecule is CC[N+](CC)=c1ccc2c(-c3ccccc3C(=O)O)c3ccc([N+]([O-])(CC)CC)cc3oc-2c1. The first-order valence-electron chi connectivity index (χ1n) is 11.9. The molecule has 0 aromatic heterocycles. The van der Waals surface area contributed by atoms with Crippen molar-refractivity contribution in [1.82, 2.24) is 9.22 Å². The summed E-state index contributed by atoms with van der Waals surface area (Å²) in [4.78, 5) is 12.1. The van der Waals surface area contributed by atoms with Gasteiger partial charge in [0.2, 0.25) is 5.36 Å². The minimum absolute atomic E-state index is 0.226. The quantitative estimate of drug-likeness (QED) is 0.170. The van der Waals surface area contributed by atoms with E-state index < -0.39 is 10.6 Å². The molecule has 1 aliphatic heterocycles. The lowest BCUT2D eigenvalue weighted by Gasteiger charge is -2.40. The second kappa shape index (κ2) is 9.41. The average Bonchev–Trinajstić information content (AvgIpc) is 2.87. The van der Waals surface area contributed by atoms with Gasteiger partial charge in [-0.2, -0.15) is 0 Å². The Morgan fingerprint density at radius 1 is 0.941 bits per heavy atom. The average molecular weight is 460 g/mol. The van der Waals surface area contributed by atoms with Crippen LogP contribution >= 0.6 is 0 Å². The van der Waals surface area contributed by atoms with Crippen LogP contribution in [0.3, 0.4) is 0 Å². The summed E-state index contributed by atoms with van der Waals surface area (Å²) in [6.45, 7) is 10.5. The highest BCUT2D eigenvalue weighted by atomic mass is 16.5. The van der Waals surface area contributed by atoms with E-state index in [-0.39, 0.29) is 5.56 Å². The maximum atomic E-state index is 13.3. The molecular formula is C28H31N2O4+. The topological polar surface area (TPSA) is 76.5 Å². The molecule has 0 saturated heterocycles. The van der Waals surface area contributed by atoms with Gasteiger partial charge in [0, 0.05) is 34.7 Å². The number of hydrogen-bond donors (Lipinski definition) is 1. The normalized spacial score (nSPS) is 11.8. The number of carboxylic acid groups (broad SMARTS) is 1. The number of fused-ring (bicyclic) bond motifs is 2. The molecule has 0 fully saturated rings. The molecule has 0 amide bonds. The molecule has 2 aromatic carbocycles. The second-order valence-electron chi connectivity index (χ2n) is 8.38. The first-order valence-corrected chi connectivity index (χ1v) is 11.9. The van der Waals surface area contributed by atoms with Crippen molar-refractivity contribution < 1.29 is 14.3 Å². The second-order valence-corrected chi connectivity index (χ2v) is 8.38. The maximum absolute atomic E-state index is 13.3. The molecule has 1 aliphatic carbocycles. The predicted octanol–water partition coefficient (Wildman–Crippen LogP) is 5.56. The van der Waals surface area contributed by atoms with Crippen LogP contribution in [0.2, 0.25) is 0 Å². The molecule has 6 nitrogen and oxygen atoms in total. The summed E-state index contributed by atoms with van der Waals surface area (Å²) in [6, 6.07) is 18.6. The third-order valence-corrected chi connectivity index (χ3v) is 6.74. The monoisotopic (exact) mass is 459 g/mol. The molecule has 0 atom stereocenters. The Bertz CT molecular complexity index is 1390. The van der Waals surface area contributed by atoms with Crippen molar-refractivity contribution in [3.05, 3.63) is 76.8 Å². The van der Waals surface area contributed by atoms with Crippen molar-refractivity contribution in [2.24, 2.45) is 0 Å². The van der Waals surface area contributed by atoms with Gasteiger partial charge >= 0.3 is 5.97 Å². The molecule has 0 bridgehead atoms. The van der Waals surface area contributed by atoms with Crippen LogP contribution in [0.25, 0.3) is 33.4 Å². The highest BCUT2D eigenvalue weighted by molar-refractivity contribution is 6.07. The van der Waals surface area contributed by atoms with E-state index in [0.717, 1.165) is 35.0 Å². The largest absolute Gasteiger partial charge is 0.627 e. The Morgan fingerprint density at radius 2 is 1.65 bits per heavy atom. The third-order valence-electron chi connectivity index (χ3n) is 6.74. The van der Waals surface area contributed by atoms with E-state index in [4.69, 9.17) is 4.42 Å². The minimum Gasteiger partial charge on any atom is -0.627 e. The molecule has 6 heteroatoms. The molecule has 0 unspecified atom stereocenters. The summed E-state index contributed by atoms with van der Waals surface area (Å²) >= 11 is 0. The van der Waals surface area contributed by atoms with Crippen molar-refractivity contribution in [2.75, 3.05) is 26.2 Å². The molecule has 1 heterocycles. The van der Waals surface area contributed by atoms with Crippen LogP contribution in [0.1, 0.15) is 38.1 Å². The van der Waals surface area contributed by atoms with Crippen LogP contribution in [0.15, 0.2) is 65.1 Å². The molecule has 1 N–H and O–H groups in total. The number of hydroxylamine groups is 2. The first kappa shape index (κ1) is 23.7. The van der Waals surface area contributed by atoms with Gasteiger partial charge in [-0.3, -0.25) is 0 Å². The van der Waals surface area contributed by atoms with E-state index in [1.54, 1.807) is 12.1 Å². The molecule has 2 aromatic rings. The zero-order valence-electron chi connectivity index (χ0n) is 20.2. The standard InChI is InChI=1S/C28H30N2O4/c1-5-29(6-2)19-13-15-23-25(17-19)34-26-18-20(30(33,7-3)8-4)14-16-24(26)27(23)21-11-9-10-12-22(21)28(31)32/h9-18H,5-8H2,1-4H3/p+1. The van der Waals surface area contributed by atoms with Crippen LogP contribution in [0.5, 0.6) is 0 Å². The maximum Gasteiger partial charge on any atom is 0.336 e. The molecule has 34 heavy (non-hydrogen) atoms. The zero-order valence-corrected chi connectivity index (χ0v) is 20.2.